The lowest BCUT2D eigenvalue weighted by Gasteiger charge is -2.42. The van der Waals surface area contributed by atoms with Crippen LogP contribution in [0.4, 0.5) is 0 Å². The maximum atomic E-state index is 6.88. The quantitative estimate of drug-likeness (QED) is 0.502. The molecule has 0 aliphatic carbocycles. The third kappa shape index (κ3) is 5.02. The number of ether oxygens (including phenoxy) is 2. The minimum atomic E-state index is -2.54. The average Bonchev–Trinajstić information content (AvgIpc) is 3.01. The van der Waals surface area contributed by atoms with Crippen LogP contribution >= 0.6 is 0 Å². The Bertz CT molecular complexity index is 871. The highest BCUT2D eigenvalue weighted by Crippen LogP contribution is 2.36. The first-order valence-corrected chi connectivity index (χ1v) is 13.9. The van der Waals surface area contributed by atoms with E-state index in [9.17, 15) is 0 Å². The van der Waals surface area contributed by atoms with Crippen molar-refractivity contribution in [1.82, 2.24) is 0 Å². The van der Waals surface area contributed by atoms with Crippen LogP contribution in [-0.4, -0.2) is 39.8 Å². The van der Waals surface area contributed by atoms with Crippen LogP contribution in [0.1, 0.15) is 52.9 Å². The molecule has 2 aliphatic rings. The van der Waals surface area contributed by atoms with E-state index in [0.717, 1.165) is 38.7 Å². The maximum absolute atomic E-state index is 6.88. The van der Waals surface area contributed by atoms with Crippen molar-refractivity contribution in [2.75, 3.05) is 13.2 Å². The summed E-state index contributed by atoms with van der Waals surface area (Å²) in [4.78, 5) is 0. The summed E-state index contributed by atoms with van der Waals surface area (Å²) in [5.74, 6) is 6.73. The van der Waals surface area contributed by atoms with Gasteiger partial charge in [-0.3, -0.25) is 0 Å². The Morgan fingerprint density at radius 3 is 2.12 bits per heavy atom. The van der Waals surface area contributed by atoms with E-state index in [1.807, 2.05) is 0 Å². The Morgan fingerprint density at radius 1 is 0.875 bits per heavy atom. The molecule has 0 N–H and O–H groups in total. The summed E-state index contributed by atoms with van der Waals surface area (Å²) in [6.07, 6.45) is 5.77. The molecule has 0 radical (unpaired) electrons. The monoisotopic (exact) mass is 448 g/mol. The summed E-state index contributed by atoms with van der Waals surface area (Å²) in [6.45, 7) is 8.17. The molecule has 0 bridgehead atoms. The van der Waals surface area contributed by atoms with Crippen molar-refractivity contribution in [3.8, 4) is 11.8 Å². The summed E-state index contributed by atoms with van der Waals surface area (Å²) >= 11 is 0. The fraction of sp³-hybridized carbons (Fsp3) is 0.500. The molecule has 0 unspecified atom stereocenters. The second kappa shape index (κ2) is 10.4. The molecule has 4 rings (SSSR count). The molecule has 3 nitrogen and oxygen atoms in total. The van der Waals surface area contributed by atoms with E-state index in [1.165, 1.54) is 10.4 Å². The average molecular weight is 449 g/mol. The van der Waals surface area contributed by atoms with Crippen molar-refractivity contribution < 1.29 is 13.9 Å². The minimum absolute atomic E-state index is 0.0190. The number of benzene rings is 2. The van der Waals surface area contributed by atoms with Gasteiger partial charge < -0.3 is 13.9 Å². The van der Waals surface area contributed by atoms with Crippen molar-refractivity contribution in [1.29, 1.82) is 0 Å². The smallest absolute Gasteiger partial charge is 0.262 e. The minimum Gasteiger partial charge on any atom is -0.396 e. The van der Waals surface area contributed by atoms with Crippen LogP contribution in [-0.2, 0) is 13.9 Å². The topological polar surface area (TPSA) is 27.7 Å². The number of fused-ring (bicyclic) bond motifs is 1. The molecule has 2 aliphatic heterocycles. The van der Waals surface area contributed by atoms with Gasteiger partial charge in [-0.1, -0.05) is 93.3 Å². The van der Waals surface area contributed by atoms with Crippen molar-refractivity contribution in [3.63, 3.8) is 0 Å². The summed E-state index contributed by atoms with van der Waals surface area (Å²) in [6, 6.07) is 21.5. The molecule has 0 aromatic heterocycles. The van der Waals surface area contributed by atoms with Crippen molar-refractivity contribution in [2.24, 2.45) is 0 Å². The molecule has 2 fully saturated rings. The SMILES string of the molecule is CC(C)(C)[Si](OCC#C[C@@H]1CCC[C@@H]2OCCC[C@H]2O1)(c1ccccc1)c1ccccc1. The molecule has 2 heterocycles. The highest BCUT2D eigenvalue weighted by atomic mass is 28.4. The van der Waals surface area contributed by atoms with Crippen molar-refractivity contribution in [2.45, 2.75) is 76.2 Å². The molecule has 0 amide bonds. The van der Waals surface area contributed by atoms with Gasteiger partial charge in [-0.2, -0.15) is 0 Å². The van der Waals surface area contributed by atoms with Crippen LogP contribution in [0, 0.1) is 11.8 Å². The standard InChI is InChI=1S/C28H36O3Si/c1-28(2,3)32(24-15-6-4-7-16-24,25-17-8-5-9-18-25)30-22-11-14-23-13-10-19-26-27(31-23)20-12-21-29-26/h4-9,15-18,23,26-27H,10,12-13,19-22H2,1-3H3/t23-,26-,27+/m0/s1. The molecule has 2 aromatic rings. The zero-order chi connectivity index (χ0) is 22.4. The lowest BCUT2D eigenvalue weighted by Crippen LogP contribution is -2.66. The van der Waals surface area contributed by atoms with Gasteiger partial charge >= 0.3 is 0 Å². The van der Waals surface area contributed by atoms with Gasteiger partial charge in [-0.15, -0.1) is 0 Å². The third-order valence-corrected chi connectivity index (χ3v) is 11.7. The predicted octanol–water partition coefficient (Wildman–Crippen LogP) is 4.68. The Morgan fingerprint density at radius 2 is 1.50 bits per heavy atom. The molecule has 3 atom stereocenters. The molecule has 2 aromatic carbocycles. The van der Waals surface area contributed by atoms with Gasteiger partial charge in [0.1, 0.15) is 6.10 Å². The van der Waals surface area contributed by atoms with Crippen LogP contribution in [0.5, 0.6) is 0 Å². The zero-order valence-electron chi connectivity index (χ0n) is 19.7. The van der Waals surface area contributed by atoms with E-state index in [0.29, 0.717) is 6.61 Å². The Hall–Kier alpha value is -1.90. The van der Waals surface area contributed by atoms with E-state index in [1.54, 1.807) is 0 Å². The second-order valence-electron chi connectivity index (χ2n) is 9.92. The first-order chi connectivity index (χ1) is 15.5. The Labute approximate surface area is 194 Å². The fourth-order valence-corrected chi connectivity index (χ4v) is 9.63. The van der Waals surface area contributed by atoms with E-state index >= 15 is 0 Å². The van der Waals surface area contributed by atoms with E-state index < -0.39 is 8.32 Å². The van der Waals surface area contributed by atoms with Crippen LogP contribution in [0.3, 0.4) is 0 Å². The molecule has 4 heteroatoms. The first kappa shape index (κ1) is 23.3. The molecule has 32 heavy (non-hydrogen) atoms. The van der Waals surface area contributed by atoms with Crippen LogP contribution < -0.4 is 10.4 Å². The number of hydrogen-bond acceptors (Lipinski definition) is 3. The highest BCUT2D eigenvalue weighted by molar-refractivity contribution is 6.99. The summed E-state index contributed by atoms with van der Waals surface area (Å²) in [5.41, 5.74) is 0. The molecule has 0 spiro atoms. The van der Waals surface area contributed by atoms with E-state index in [4.69, 9.17) is 13.9 Å². The Balaban J connectivity index is 1.55. The lowest BCUT2D eigenvalue weighted by molar-refractivity contribution is -0.108. The van der Waals surface area contributed by atoms with Gasteiger partial charge in [0.15, 0.2) is 0 Å². The predicted molar refractivity (Wildman–Crippen MR) is 133 cm³/mol. The largest absolute Gasteiger partial charge is 0.396 e. The number of hydrogen-bond donors (Lipinski definition) is 0. The maximum Gasteiger partial charge on any atom is 0.262 e. The molecule has 2 saturated heterocycles. The molecular weight excluding hydrogens is 412 g/mol. The second-order valence-corrected chi connectivity index (χ2v) is 14.2. The van der Waals surface area contributed by atoms with Crippen LogP contribution in [0.15, 0.2) is 60.7 Å². The first-order valence-electron chi connectivity index (χ1n) is 12.0. The van der Waals surface area contributed by atoms with E-state index in [-0.39, 0.29) is 23.4 Å². The summed E-state index contributed by atoms with van der Waals surface area (Å²) in [7, 11) is -2.54. The zero-order valence-corrected chi connectivity index (χ0v) is 20.7. The van der Waals surface area contributed by atoms with Gasteiger partial charge in [0.05, 0.1) is 18.8 Å². The van der Waals surface area contributed by atoms with Gasteiger partial charge in [0.25, 0.3) is 8.32 Å². The normalized spacial score (nSPS) is 24.0. The molecule has 0 saturated carbocycles. The van der Waals surface area contributed by atoms with E-state index in [2.05, 4.69) is 93.3 Å². The Kier molecular flexibility index (Phi) is 7.53. The van der Waals surface area contributed by atoms with Gasteiger partial charge in [0.2, 0.25) is 0 Å². The van der Waals surface area contributed by atoms with Crippen LogP contribution in [0.25, 0.3) is 0 Å². The summed E-state index contributed by atoms with van der Waals surface area (Å²) < 4.78 is 19.1. The van der Waals surface area contributed by atoms with Gasteiger partial charge in [-0.25, -0.2) is 0 Å². The van der Waals surface area contributed by atoms with Gasteiger partial charge in [0, 0.05) is 6.61 Å². The lowest BCUT2D eigenvalue weighted by atomic mass is 10.0. The van der Waals surface area contributed by atoms with Crippen molar-refractivity contribution >= 4 is 18.7 Å². The van der Waals surface area contributed by atoms with Crippen LogP contribution in [0.2, 0.25) is 5.04 Å². The number of rotatable bonds is 4. The fourth-order valence-electron chi connectivity index (χ4n) is 5.19. The summed E-state index contributed by atoms with van der Waals surface area (Å²) in [5, 5.41) is 2.53. The third-order valence-electron chi connectivity index (χ3n) is 6.71. The van der Waals surface area contributed by atoms with Crippen molar-refractivity contribution in [3.05, 3.63) is 60.7 Å². The highest BCUT2D eigenvalue weighted by Gasteiger charge is 2.50. The van der Waals surface area contributed by atoms with Gasteiger partial charge in [-0.05, 0) is 47.5 Å². The molecular formula is C28H36O3Si. The molecule has 170 valence electrons.